The highest BCUT2D eigenvalue weighted by atomic mass is 32.1. The summed E-state index contributed by atoms with van der Waals surface area (Å²) in [6.45, 7) is -0.369. The Kier molecular flexibility index (Phi) is 7.41. The second-order valence-corrected chi connectivity index (χ2v) is 8.67. The number of aromatic nitrogens is 2. The molecule has 9 nitrogen and oxygen atoms in total. The molecule has 0 fully saturated rings. The quantitative estimate of drug-likeness (QED) is 0.372. The smallest absolute Gasteiger partial charge is 0.332 e. The molecule has 2 N–H and O–H groups in total. The standard InChI is InChI=1S/C25H24N4O5S/c1-34-19-9-7-18(8-10-19)27-22(31)16-28-20-12-14-35-23(20)24(32)29(25(28)33)15-21(30)26-13-11-17-5-3-2-4-6-17/h2-10,12,14H,11,13,15-16H2,1H3,(H,26,30)(H,27,31). The Hall–Kier alpha value is -4.18. The van der Waals surface area contributed by atoms with Gasteiger partial charge in [0.05, 0.1) is 12.6 Å². The van der Waals surface area contributed by atoms with Crippen LogP contribution in [-0.2, 0) is 29.1 Å². The molecule has 180 valence electrons. The van der Waals surface area contributed by atoms with E-state index in [0.717, 1.165) is 21.5 Å². The van der Waals surface area contributed by atoms with Crippen LogP contribution >= 0.6 is 11.3 Å². The summed E-state index contributed by atoms with van der Waals surface area (Å²) in [6, 6.07) is 18.0. The van der Waals surface area contributed by atoms with E-state index in [-0.39, 0.29) is 6.54 Å². The number of fused-ring (bicyclic) bond motifs is 1. The number of nitrogens with zero attached hydrogens (tertiary/aromatic N) is 2. The molecule has 2 aromatic heterocycles. The van der Waals surface area contributed by atoms with E-state index in [1.807, 2.05) is 30.3 Å². The number of rotatable bonds is 9. The number of nitrogens with one attached hydrogen (secondary N) is 2. The summed E-state index contributed by atoms with van der Waals surface area (Å²) in [6.07, 6.45) is 0.626. The molecule has 2 amide bonds. The molecule has 0 saturated heterocycles. The van der Waals surface area contributed by atoms with Crippen LogP contribution in [0.25, 0.3) is 10.2 Å². The van der Waals surface area contributed by atoms with Gasteiger partial charge < -0.3 is 15.4 Å². The van der Waals surface area contributed by atoms with Crippen molar-refractivity contribution in [3.8, 4) is 5.75 Å². The average Bonchev–Trinajstić information content (AvgIpc) is 3.36. The predicted octanol–water partition coefficient (Wildman–Crippen LogP) is 2.23. The van der Waals surface area contributed by atoms with Crippen LogP contribution in [0.1, 0.15) is 5.56 Å². The second-order valence-electron chi connectivity index (χ2n) is 7.76. The number of carbonyl (C=O) groups excluding carboxylic acids is 2. The van der Waals surface area contributed by atoms with Gasteiger partial charge in [-0.15, -0.1) is 11.3 Å². The number of benzene rings is 2. The van der Waals surface area contributed by atoms with Crippen molar-refractivity contribution in [1.29, 1.82) is 0 Å². The molecule has 4 rings (SSSR count). The first-order valence-electron chi connectivity index (χ1n) is 10.9. The number of methoxy groups -OCH3 is 1. The fourth-order valence-electron chi connectivity index (χ4n) is 3.63. The minimum atomic E-state index is -0.719. The minimum absolute atomic E-state index is 0.305. The highest BCUT2D eigenvalue weighted by Gasteiger charge is 2.18. The minimum Gasteiger partial charge on any atom is -0.497 e. The second kappa shape index (κ2) is 10.8. The fraction of sp³-hybridized carbons (Fsp3) is 0.200. The van der Waals surface area contributed by atoms with Crippen molar-refractivity contribution in [2.24, 2.45) is 0 Å². The van der Waals surface area contributed by atoms with E-state index in [1.165, 1.54) is 4.57 Å². The van der Waals surface area contributed by atoms with Crippen LogP contribution in [0, 0.1) is 0 Å². The van der Waals surface area contributed by atoms with Crippen molar-refractivity contribution < 1.29 is 14.3 Å². The molecule has 0 bridgehead atoms. The zero-order valence-electron chi connectivity index (χ0n) is 19.0. The largest absolute Gasteiger partial charge is 0.497 e. The number of anilines is 1. The van der Waals surface area contributed by atoms with E-state index < -0.39 is 29.6 Å². The highest BCUT2D eigenvalue weighted by Crippen LogP contribution is 2.17. The van der Waals surface area contributed by atoms with Gasteiger partial charge in [-0.3, -0.25) is 19.0 Å². The Labute approximate surface area is 204 Å². The molecule has 0 atom stereocenters. The molecular formula is C25H24N4O5S. The topological polar surface area (TPSA) is 111 Å². The fourth-order valence-corrected chi connectivity index (χ4v) is 4.48. The normalized spacial score (nSPS) is 10.8. The third-order valence-electron chi connectivity index (χ3n) is 5.39. The number of carbonyl (C=O) groups is 2. The maximum absolute atomic E-state index is 13.2. The van der Waals surface area contributed by atoms with Gasteiger partial charge in [0.2, 0.25) is 11.8 Å². The van der Waals surface area contributed by atoms with E-state index in [4.69, 9.17) is 4.74 Å². The van der Waals surface area contributed by atoms with E-state index in [2.05, 4.69) is 10.6 Å². The molecule has 2 aromatic carbocycles. The molecule has 0 saturated carbocycles. The van der Waals surface area contributed by atoms with E-state index >= 15 is 0 Å². The summed E-state index contributed by atoms with van der Waals surface area (Å²) in [5, 5.41) is 7.15. The van der Waals surface area contributed by atoms with Crippen LogP contribution in [0.5, 0.6) is 5.75 Å². The van der Waals surface area contributed by atoms with Crippen LogP contribution in [0.4, 0.5) is 5.69 Å². The lowest BCUT2D eigenvalue weighted by Gasteiger charge is -2.13. The number of hydrogen-bond acceptors (Lipinski definition) is 6. The van der Waals surface area contributed by atoms with Gasteiger partial charge in [-0.1, -0.05) is 30.3 Å². The van der Waals surface area contributed by atoms with Gasteiger partial charge >= 0.3 is 5.69 Å². The number of hydrogen-bond donors (Lipinski definition) is 2. The summed E-state index contributed by atoms with van der Waals surface area (Å²) in [5.41, 5.74) is 0.691. The Morgan fingerprint density at radius 1 is 0.914 bits per heavy atom. The van der Waals surface area contributed by atoms with Crippen molar-refractivity contribution in [2.75, 3.05) is 19.0 Å². The first-order valence-corrected chi connectivity index (χ1v) is 11.8. The zero-order chi connectivity index (χ0) is 24.8. The molecule has 0 aliphatic carbocycles. The molecule has 2 heterocycles. The lowest BCUT2D eigenvalue weighted by atomic mass is 10.1. The lowest BCUT2D eigenvalue weighted by molar-refractivity contribution is -0.121. The molecule has 0 aliphatic rings. The first kappa shape index (κ1) is 24.0. The summed E-state index contributed by atoms with van der Waals surface area (Å²) in [4.78, 5) is 51.2. The van der Waals surface area contributed by atoms with Crippen LogP contribution in [0.2, 0.25) is 0 Å². The summed E-state index contributed by atoms with van der Waals surface area (Å²) in [5.74, 6) is -0.249. The van der Waals surface area contributed by atoms with Crippen molar-refractivity contribution in [3.05, 3.63) is 92.4 Å². The molecule has 0 aliphatic heterocycles. The lowest BCUT2D eigenvalue weighted by Crippen LogP contribution is -2.44. The summed E-state index contributed by atoms with van der Waals surface area (Å²) in [7, 11) is 1.55. The molecule has 4 aromatic rings. The van der Waals surface area contributed by atoms with Crippen LogP contribution in [0.3, 0.4) is 0 Å². The van der Waals surface area contributed by atoms with Gasteiger partial charge in [-0.25, -0.2) is 9.36 Å². The average molecular weight is 493 g/mol. The van der Waals surface area contributed by atoms with Gasteiger partial charge in [-0.05, 0) is 47.7 Å². The van der Waals surface area contributed by atoms with Crippen LogP contribution < -0.4 is 26.6 Å². The van der Waals surface area contributed by atoms with Crippen molar-refractivity contribution in [2.45, 2.75) is 19.5 Å². The molecular weight excluding hydrogens is 468 g/mol. The van der Waals surface area contributed by atoms with E-state index in [0.29, 0.717) is 34.6 Å². The van der Waals surface area contributed by atoms with Crippen molar-refractivity contribution >= 4 is 39.1 Å². The third-order valence-corrected chi connectivity index (χ3v) is 6.28. The predicted molar refractivity (Wildman–Crippen MR) is 135 cm³/mol. The maximum Gasteiger partial charge on any atom is 0.332 e. The molecule has 0 radical (unpaired) electrons. The number of ether oxygens (including phenoxy) is 1. The van der Waals surface area contributed by atoms with E-state index in [9.17, 15) is 19.2 Å². The molecule has 0 spiro atoms. The number of amides is 2. The molecule has 0 unspecified atom stereocenters. The van der Waals surface area contributed by atoms with E-state index in [1.54, 1.807) is 42.8 Å². The van der Waals surface area contributed by atoms with Crippen molar-refractivity contribution in [1.82, 2.24) is 14.5 Å². The van der Waals surface area contributed by atoms with Crippen LogP contribution in [-0.4, -0.2) is 34.6 Å². The van der Waals surface area contributed by atoms with Gasteiger partial charge in [0, 0.05) is 12.2 Å². The van der Waals surface area contributed by atoms with Gasteiger partial charge in [0.25, 0.3) is 5.56 Å². The summed E-state index contributed by atoms with van der Waals surface area (Å²) >= 11 is 1.16. The SMILES string of the molecule is COc1ccc(NC(=O)Cn2c(=O)n(CC(=O)NCCc3ccccc3)c(=O)c3sccc32)cc1. The number of thiophene rings is 1. The maximum atomic E-state index is 13.2. The Morgan fingerprint density at radius 3 is 2.34 bits per heavy atom. The van der Waals surface area contributed by atoms with Gasteiger partial charge in [0.1, 0.15) is 23.5 Å². The summed E-state index contributed by atoms with van der Waals surface area (Å²) < 4.78 is 7.49. The van der Waals surface area contributed by atoms with Crippen molar-refractivity contribution in [3.63, 3.8) is 0 Å². The first-order chi connectivity index (χ1) is 17.0. The Balaban J connectivity index is 1.50. The molecule has 10 heteroatoms. The Bertz CT molecular complexity index is 1460. The Morgan fingerprint density at radius 2 is 1.63 bits per heavy atom. The monoisotopic (exact) mass is 492 g/mol. The van der Waals surface area contributed by atoms with Gasteiger partial charge in [0.15, 0.2) is 0 Å². The zero-order valence-corrected chi connectivity index (χ0v) is 19.8. The highest BCUT2D eigenvalue weighted by molar-refractivity contribution is 7.17. The molecule has 35 heavy (non-hydrogen) atoms. The third kappa shape index (κ3) is 5.67. The van der Waals surface area contributed by atoms with Gasteiger partial charge in [-0.2, -0.15) is 0 Å². The van der Waals surface area contributed by atoms with Crippen LogP contribution in [0.15, 0.2) is 75.6 Å².